The third-order valence-corrected chi connectivity index (χ3v) is 5.60. The van der Waals surface area contributed by atoms with Gasteiger partial charge in [0.15, 0.2) is 0 Å². The zero-order valence-corrected chi connectivity index (χ0v) is 19.6. The van der Waals surface area contributed by atoms with Gasteiger partial charge >= 0.3 is 0 Å². The van der Waals surface area contributed by atoms with Gasteiger partial charge in [0, 0.05) is 25.2 Å². The predicted molar refractivity (Wildman–Crippen MR) is 130 cm³/mol. The number of nitrogens with zero attached hydrogens (tertiary/aromatic N) is 1. The second-order valence-corrected chi connectivity index (χ2v) is 8.68. The van der Waals surface area contributed by atoms with Gasteiger partial charge in [-0.15, -0.1) is 0 Å². The molecule has 2 aromatic rings. The molecule has 3 rings (SSSR count). The Balaban J connectivity index is 1.88. The zero-order chi connectivity index (χ0) is 22.5. The van der Waals surface area contributed by atoms with Gasteiger partial charge in [-0.1, -0.05) is 65.7 Å². The number of ether oxygens (including phenoxy) is 1. The van der Waals surface area contributed by atoms with Gasteiger partial charge in [-0.2, -0.15) is 0 Å². The van der Waals surface area contributed by atoms with E-state index in [9.17, 15) is 5.11 Å². The van der Waals surface area contributed by atoms with Crippen LogP contribution in [-0.2, 0) is 4.74 Å². The molecule has 3 nitrogen and oxygen atoms in total. The van der Waals surface area contributed by atoms with Crippen molar-refractivity contribution in [2.24, 2.45) is 0 Å². The van der Waals surface area contributed by atoms with Crippen molar-refractivity contribution in [2.75, 3.05) is 7.05 Å². The highest BCUT2D eigenvalue weighted by molar-refractivity contribution is 5.76. The van der Waals surface area contributed by atoms with E-state index in [1.54, 1.807) is 6.92 Å². The van der Waals surface area contributed by atoms with Crippen LogP contribution in [0.2, 0.25) is 0 Å². The lowest BCUT2D eigenvalue weighted by molar-refractivity contribution is 0.0990. The molecule has 164 valence electrons. The average molecular weight is 418 g/mol. The highest BCUT2D eigenvalue weighted by Gasteiger charge is 2.22. The summed E-state index contributed by atoms with van der Waals surface area (Å²) in [6, 6.07) is 15.2. The Morgan fingerprint density at radius 1 is 1.13 bits per heavy atom. The number of likely N-dealkylation sites (N-methyl/N-ethyl adjacent to an activating group) is 1. The molecule has 0 amide bonds. The van der Waals surface area contributed by atoms with Crippen LogP contribution in [0.5, 0.6) is 0 Å². The highest BCUT2D eigenvalue weighted by atomic mass is 16.5. The number of aliphatic hydroxyl groups excluding tert-OH is 1. The van der Waals surface area contributed by atoms with E-state index < -0.39 is 0 Å². The third kappa shape index (κ3) is 5.68. The first-order valence-electron chi connectivity index (χ1n) is 11.1. The molecule has 3 unspecified atom stereocenters. The van der Waals surface area contributed by atoms with Gasteiger partial charge in [0.05, 0.1) is 18.2 Å². The first kappa shape index (κ1) is 22.9. The average Bonchev–Trinajstić information content (AvgIpc) is 2.71. The molecule has 0 bridgehead atoms. The van der Waals surface area contributed by atoms with Gasteiger partial charge in [-0.25, -0.2) is 0 Å². The van der Waals surface area contributed by atoms with Crippen LogP contribution in [-0.4, -0.2) is 29.3 Å². The molecule has 2 aromatic carbocycles. The van der Waals surface area contributed by atoms with Crippen LogP contribution < -0.4 is 0 Å². The fourth-order valence-corrected chi connectivity index (χ4v) is 4.32. The van der Waals surface area contributed by atoms with Crippen molar-refractivity contribution >= 4 is 11.3 Å². The van der Waals surface area contributed by atoms with Crippen molar-refractivity contribution < 1.29 is 9.84 Å². The lowest BCUT2D eigenvalue weighted by Gasteiger charge is -2.31. The Labute approximate surface area is 187 Å². The quantitative estimate of drug-likeness (QED) is 0.527. The summed E-state index contributed by atoms with van der Waals surface area (Å²) in [5.41, 5.74) is 7.32. The van der Waals surface area contributed by atoms with E-state index in [1.165, 1.54) is 27.8 Å². The molecule has 3 atom stereocenters. The Bertz CT molecular complexity index is 980. The van der Waals surface area contributed by atoms with Crippen LogP contribution in [0.1, 0.15) is 61.1 Å². The van der Waals surface area contributed by atoms with Gasteiger partial charge in [-0.3, -0.25) is 0 Å². The molecule has 31 heavy (non-hydrogen) atoms. The van der Waals surface area contributed by atoms with Crippen molar-refractivity contribution in [1.82, 2.24) is 4.90 Å². The minimum atomic E-state index is -0.385. The van der Waals surface area contributed by atoms with E-state index in [-0.39, 0.29) is 18.2 Å². The fraction of sp³-hybridized carbons (Fsp3) is 0.357. The molecule has 0 aromatic heterocycles. The number of hydrogen-bond acceptors (Lipinski definition) is 3. The molecule has 0 saturated heterocycles. The first-order chi connectivity index (χ1) is 14.8. The van der Waals surface area contributed by atoms with Crippen molar-refractivity contribution in [2.45, 2.75) is 59.3 Å². The summed E-state index contributed by atoms with van der Waals surface area (Å²) in [6.45, 7) is 10.1. The van der Waals surface area contributed by atoms with E-state index in [1.807, 2.05) is 26.0 Å². The Kier molecular flexibility index (Phi) is 7.40. The van der Waals surface area contributed by atoms with Gasteiger partial charge in [0.2, 0.25) is 0 Å². The molecule has 1 heterocycles. The van der Waals surface area contributed by atoms with Crippen LogP contribution in [0.4, 0.5) is 0 Å². The Hall–Kier alpha value is -2.78. The minimum absolute atomic E-state index is 0.0602. The molecule has 0 radical (unpaired) electrons. The topological polar surface area (TPSA) is 32.7 Å². The van der Waals surface area contributed by atoms with Crippen LogP contribution in [0.25, 0.3) is 11.3 Å². The molecule has 3 heteroatoms. The smallest absolute Gasteiger partial charge is 0.123 e. The zero-order valence-electron chi connectivity index (χ0n) is 19.6. The summed E-state index contributed by atoms with van der Waals surface area (Å²) in [5.74, 6) is 0.856. The molecule has 0 spiro atoms. The third-order valence-electron chi connectivity index (χ3n) is 5.60. The molecule has 0 fully saturated rings. The lowest BCUT2D eigenvalue weighted by Crippen LogP contribution is -2.22. The van der Waals surface area contributed by atoms with Crippen molar-refractivity contribution in [3.63, 3.8) is 0 Å². The summed E-state index contributed by atoms with van der Waals surface area (Å²) in [6.07, 6.45) is 8.88. The number of allylic oxidation sites excluding steroid dienone is 3. The van der Waals surface area contributed by atoms with Crippen molar-refractivity contribution in [3.8, 4) is 0 Å². The lowest BCUT2D eigenvalue weighted by atomic mass is 9.93. The molecular weight excluding hydrogens is 382 g/mol. The Morgan fingerprint density at radius 3 is 2.42 bits per heavy atom. The maximum Gasteiger partial charge on any atom is 0.123 e. The second kappa shape index (κ2) is 10.0. The normalized spacial score (nSPS) is 18.5. The molecule has 1 aliphatic rings. The maximum absolute atomic E-state index is 9.70. The van der Waals surface area contributed by atoms with Crippen molar-refractivity contribution in [1.29, 1.82) is 0 Å². The van der Waals surface area contributed by atoms with Gasteiger partial charge in [0.1, 0.15) is 5.76 Å². The SMILES string of the molecule is C/C=C(\OC(C)CC(C)O)c1ccccc1C1C=CC(c2cc(C)cc(C)c2)=CN1C. The van der Waals surface area contributed by atoms with E-state index in [4.69, 9.17) is 4.74 Å². The van der Waals surface area contributed by atoms with Gasteiger partial charge in [-0.05, 0) is 57.4 Å². The van der Waals surface area contributed by atoms with Crippen molar-refractivity contribution in [3.05, 3.63) is 94.7 Å². The van der Waals surface area contributed by atoms with Crippen LogP contribution in [0.3, 0.4) is 0 Å². The largest absolute Gasteiger partial charge is 0.490 e. The highest BCUT2D eigenvalue weighted by Crippen LogP contribution is 2.35. The maximum atomic E-state index is 9.70. The summed E-state index contributed by atoms with van der Waals surface area (Å²) < 4.78 is 6.22. The summed E-state index contributed by atoms with van der Waals surface area (Å²) in [4.78, 5) is 2.26. The number of aliphatic hydroxyl groups is 1. The molecule has 0 saturated carbocycles. The van der Waals surface area contributed by atoms with Gasteiger partial charge in [0.25, 0.3) is 0 Å². The van der Waals surface area contributed by atoms with E-state index in [2.05, 4.69) is 80.5 Å². The van der Waals surface area contributed by atoms with Crippen LogP contribution in [0.15, 0.2) is 66.9 Å². The summed E-state index contributed by atoms with van der Waals surface area (Å²) >= 11 is 0. The summed E-state index contributed by atoms with van der Waals surface area (Å²) in [5, 5.41) is 9.70. The van der Waals surface area contributed by atoms with Crippen LogP contribution in [0, 0.1) is 13.8 Å². The number of rotatable bonds is 7. The predicted octanol–water partition coefficient (Wildman–Crippen LogP) is 6.42. The molecule has 1 aliphatic heterocycles. The first-order valence-corrected chi connectivity index (χ1v) is 11.1. The monoisotopic (exact) mass is 417 g/mol. The van der Waals surface area contributed by atoms with E-state index in [0.29, 0.717) is 6.42 Å². The van der Waals surface area contributed by atoms with Gasteiger partial charge < -0.3 is 14.7 Å². The molecule has 1 N–H and O–H groups in total. The number of hydrogen-bond donors (Lipinski definition) is 1. The minimum Gasteiger partial charge on any atom is -0.490 e. The van der Waals surface area contributed by atoms with E-state index in [0.717, 1.165) is 11.3 Å². The van der Waals surface area contributed by atoms with E-state index >= 15 is 0 Å². The fourth-order valence-electron chi connectivity index (χ4n) is 4.32. The summed E-state index contributed by atoms with van der Waals surface area (Å²) in [7, 11) is 2.12. The molecule has 0 aliphatic carbocycles. The second-order valence-electron chi connectivity index (χ2n) is 8.68. The molecular formula is C28H35NO2. The number of benzene rings is 2. The standard InChI is InChI=1S/C28H35NO2/c1-7-28(31-22(5)17-21(4)30)26-11-9-8-10-25(26)27-13-12-23(18-29(27)6)24-15-19(2)14-20(3)16-24/h7-16,18,21-22,27,30H,17H2,1-6H3/b28-7-. The Morgan fingerprint density at radius 2 is 1.81 bits per heavy atom. The number of aryl methyl sites for hydroxylation is 2. The van der Waals surface area contributed by atoms with Crippen LogP contribution >= 0.6 is 0 Å².